The highest BCUT2D eigenvalue weighted by atomic mass is 16.6. The molecule has 0 saturated carbocycles. The number of fused-ring (bicyclic) bond motifs is 1. The number of likely N-dealkylation sites (tertiary alicyclic amines) is 1. The highest BCUT2D eigenvalue weighted by Crippen LogP contribution is 2.26. The lowest BCUT2D eigenvalue weighted by Crippen LogP contribution is -2.44. The predicted molar refractivity (Wildman–Crippen MR) is 123 cm³/mol. The highest BCUT2D eigenvalue weighted by molar-refractivity contribution is 6.00. The average molecular weight is 458 g/mol. The minimum absolute atomic E-state index is 0.190. The second-order valence-electron chi connectivity index (χ2n) is 9.77. The Bertz CT molecular complexity index is 1150. The minimum Gasteiger partial charge on any atom is -0.444 e. The molecular formula is C23H31N5O5. The predicted octanol–water partition coefficient (Wildman–Crippen LogP) is 2.13. The van der Waals surface area contributed by atoms with Gasteiger partial charge >= 0.3 is 11.8 Å². The molecule has 3 amide bonds. The number of hydrogen-bond donors (Lipinski definition) is 2. The average Bonchev–Trinajstić information content (AvgIpc) is 2.98. The van der Waals surface area contributed by atoms with Crippen molar-refractivity contribution in [1.82, 2.24) is 19.4 Å². The van der Waals surface area contributed by atoms with Crippen LogP contribution >= 0.6 is 0 Å². The van der Waals surface area contributed by atoms with Crippen LogP contribution in [0.1, 0.15) is 52.5 Å². The Morgan fingerprint density at radius 3 is 2.42 bits per heavy atom. The Balaban J connectivity index is 1.47. The summed E-state index contributed by atoms with van der Waals surface area (Å²) in [6, 6.07) is 5.12. The fourth-order valence-electron chi connectivity index (χ4n) is 4.45. The van der Waals surface area contributed by atoms with Gasteiger partial charge in [-0.25, -0.2) is 9.59 Å². The summed E-state index contributed by atoms with van der Waals surface area (Å²) in [5, 5.41) is 5.83. The molecule has 0 radical (unpaired) electrons. The number of nitrogens with one attached hydrogen (secondary N) is 2. The van der Waals surface area contributed by atoms with Crippen molar-refractivity contribution in [2.75, 3.05) is 18.4 Å². The normalized spacial score (nSPS) is 20.1. The molecule has 3 heterocycles. The number of imidazole rings is 1. The van der Waals surface area contributed by atoms with Crippen molar-refractivity contribution in [2.24, 2.45) is 7.05 Å². The van der Waals surface area contributed by atoms with E-state index in [4.69, 9.17) is 4.74 Å². The van der Waals surface area contributed by atoms with Crippen LogP contribution in [-0.2, 0) is 21.4 Å². The molecule has 1 aromatic carbocycles. The van der Waals surface area contributed by atoms with Gasteiger partial charge < -0.3 is 15.0 Å². The maximum absolute atomic E-state index is 12.9. The van der Waals surface area contributed by atoms with Crippen LogP contribution in [0.2, 0.25) is 0 Å². The first-order valence-corrected chi connectivity index (χ1v) is 11.3. The van der Waals surface area contributed by atoms with Crippen molar-refractivity contribution in [2.45, 2.75) is 64.1 Å². The molecule has 1 atom stereocenters. The van der Waals surface area contributed by atoms with E-state index in [-0.39, 0.29) is 30.2 Å². The van der Waals surface area contributed by atoms with Gasteiger partial charge in [0, 0.05) is 38.3 Å². The number of carbonyl (C=O) groups is 3. The number of aromatic nitrogens is 2. The molecular weight excluding hydrogens is 426 g/mol. The first-order chi connectivity index (χ1) is 15.5. The van der Waals surface area contributed by atoms with E-state index in [9.17, 15) is 19.2 Å². The Hall–Kier alpha value is -3.30. The third-order valence-electron chi connectivity index (χ3n) is 6.13. The summed E-state index contributed by atoms with van der Waals surface area (Å²) in [6.45, 7) is 6.79. The minimum atomic E-state index is -0.699. The standard InChI is InChI=1S/C23H31N5O5/c1-23(2,3)33-22(32)27-11-9-14(10-12-27)24-15-5-6-16-18(13-15)26(4)21(31)28(16)17-7-8-19(29)25-20(17)30/h5-6,13-14,17,24H,7-12H2,1-4H3,(H,25,29,30). The van der Waals surface area contributed by atoms with Crippen molar-refractivity contribution in [1.29, 1.82) is 0 Å². The van der Waals surface area contributed by atoms with Crippen LogP contribution in [0.5, 0.6) is 0 Å². The van der Waals surface area contributed by atoms with Gasteiger partial charge in [0.25, 0.3) is 0 Å². The Morgan fingerprint density at radius 2 is 1.79 bits per heavy atom. The number of piperidine rings is 2. The van der Waals surface area contributed by atoms with Crippen LogP contribution in [0.3, 0.4) is 0 Å². The highest BCUT2D eigenvalue weighted by Gasteiger charge is 2.31. The number of rotatable bonds is 3. The van der Waals surface area contributed by atoms with Crippen LogP contribution in [0, 0.1) is 0 Å². The van der Waals surface area contributed by atoms with Crippen LogP contribution in [0.15, 0.2) is 23.0 Å². The number of anilines is 1. The smallest absolute Gasteiger partial charge is 0.410 e. The van der Waals surface area contributed by atoms with E-state index in [1.54, 1.807) is 11.9 Å². The van der Waals surface area contributed by atoms with Crippen LogP contribution < -0.4 is 16.3 Å². The zero-order valence-corrected chi connectivity index (χ0v) is 19.5. The lowest BCUT2D eigenvalue weighted by atomic mass is 10.0. The summed E-state index contributed by atoms with van der Waals surface area (Å²) in [6.07, 6.45) is 1.80. The third-order valence-corrected chi connectivity index (χ3v) is 6.13. The quantitative estimate of drug-likeness (QED) is 0.683. The van der Waals surface area contributed by atoms with Gasteiger partial charge in [-0.1, -0.05) is 0 Å². The number of ether oxygens (including phenoxy) is 1. The van der Waals surface area contributed by atoms with Crippen LogP contribution in [0.25, 0.3) is 11.0 Å². The lowest BCUT2D eigenvalue weighted by Gasteiger charge is -2.34. The molecule has 2 N–H and O–H groups in total. The maximum atomic E-state index is 12.9. The summed E-state index contributed by atoms with van der Waals surface area (Å²) in [7, 11) is 1.68. The van der Waals surface area contributed by atoms with Gasteiger partial charge in [0.2, 0.25) is 11.8 Å². The number of amides is 3. The third kappa shape index (κ3) is 4.74. The van der Waals surface area contributed by atoms with E-state index >= 15 is 0 Å². The van der Waals surface area contributed by atoms with Crippen LogP contribution in [-0.4, -0.2) is 56.7 Å². The molecule has 0 bridgehead atoms. The maximum Gasteiger partial charge on any atom is 0.410 e. The molecule has 10 heteroatoms. The molecule has 0 spiro atoms. The molecule has 2 aliphatic rings. The molecule has 1 unspecified atom stereocenters. The number of imide groups is 1. The molecule has 2 fully saturated rings. The molecule has 178 valence electrons. The molecule has 33 heavy (non-hydrogen) atoms. The van der Waals surface area contributed by atoms with Gasteiger partial charge in [0.05, 0.1) is 11.0 Å². The first kappa shape index (κ1) is 22.9. The van der Waals surface area contributed by atoms with E-state index in [2.05, 4.69) is 10.6 Å². The fourth-order valence-corrected chi connectivity index (χ4v) is 4.45. The molecule has 2 aromatic rings. The summed E-state index contributed by atoms with van der Waals surface area (Å²) in [5.74, 6) is -0.756. The van der Waals surface area contributed by atoms with Crippen molar-refractivity contribution >= 4 is 34.6 Å². The van der Waals surface area contributed by atoms with Gasteiger partial charge in [-0.2, -0.15) is 0 Å². The molecule has 0 aliphatic carbocycles. The van der Waals surface area contributed by atoms with E-state index in [0.717, 1.165) is 18.5 Å². The van der Waals surface area contributed by atoms with Crippen molar-refractivity contribution < 1.29 is 19.1 Å². The van der Waals surface area contributed by atoms with E-state index in [1.807, 2.05) is 39.0 Å². The molecule has 4 rings (SSSR count). The lowest BCUT2D eigenvalue weighted by molar-refractivity contribution is -0.135. The van der Waals surface area contributed by atoms with Crippen molar-refractivity contribution in [3.05, 3.63) is 28.7 Å². The van der Waals surface area contributed by atoms with E-state index in [0.29, 0.717) is 30.5 Å². The summed E-state index contributed by atoms with van der Waals surface area (Å²) in [4.78, 5) is 50.7. The number of aryl methyl sites for hydroxylation is 1. The summed E-state index contributed by atoms with van der Waals surface area (Å²) >= 11 is 0. The molecule has 10 nitrogen and oxygen atoms in total. The molecule has 2 aliphatic heterocycles. The zero-order chi connectivity index (χ0) is 23.9. The summed E-state index contributed by atoms with van der Waals surface area (Å²) < 4.78 is 8.45. The Morgan fingerprint density at radius 1 is 1.09 bits per heavy atom. The topological polar surface area (TPSA) is 115 Å². The SMILES string of the molecule is Cn1c(=O)n(C2CCC(=O)NC2=O)c2ccc(NC3CCN(C(=O)OC(C)(C)C)CC3)cc21. The first-order valence-electron chi connectivity index (χ1n) is 11.3. The van der Waals surface area contributed by atoms with Crippen molar-refractivity contribution in [3.8, 4) is 0 Å². The van der Waals surface area contributed by atoms with Gasteiger partial charge in [-0.15, -0.1) is 0 Å². The molecule has 1 aromatic heterocycles. The monoisotopic (exact) mass is 457 g/mol. The number of benzene rings is 1. The van der Waals surface area contributed by atoms with E-state index in [1.165, 1.54) is 9.13 Å². The molecule has 2 saturated heterocycles. The van der Waals surface area contributed by atoms with Gasteiger partial charge in [0.15, 0.2) is 0 Å². The van der Waals surface area contributed by atoms with Crippen LogP contribution in [0.4, 0.5) is 10.5 Å². The summed E-state index contributed by atoms with van der Waals surface area (Å²) in [5.41, 5.74) is 1.43. The Labute approximate surface area is 191 Å². The Kier molecular flexibility index (Phi) is 5.94. The number of nitrogens with zero attached hydrogens (tertiary/aromatic N) is 3. The largest absolute Gasteiger partial charge is 0.444 e. The number of carbonyl (C=O) groups excluding carboxylic acids is 3. The second-order valence-corrected chi connectivity index (χ2v) is 9.77. The second kappa shape index (κ2) is 8.57. The fraction of sp³-hybridized carbons (Fsp3) is 0.565. The van der Waals surface area contributed by atoms with Gasteiger partial charge in [-0.3, -0.25) is 24.0 Å². The number of hydrogen-bond acceptors (Lipinski definition) is 6. The van der Waals surface area contributed by atoms with Gasteiger partial charge in [0.1, 0.15) is 11.6 Å². The zero-order valence-electron chi connectivity index (χ0n) is 19.5. The van der Waals surface area contributed by atoms with Gasteiger partial charge in [-0.05, 0) is 58.2 Å². The van der Waals surface area contributed by atoms with E-state index < -0.39 is 17.6 Å². The van der Waals surface area contributed by atoms with Crippen molar-refractivity contribution in [3.63, 3.8) is 0 Å².